The SMILES string of the molecule is Cc1cccc(Nc2ccnc3ccc(F)cc23)c1.O=CNc1cccc(NC2CC3(CNC3)C2)c1. The molecule has 6 nitrogen and oxygen atoms in total. The van der Waals surface area contributed by atoms with Gasteiger partial charge in [-0.05, 0) is 85.3 Å². The minimum atomic E-state index is -0.257. The van der Waals surface area contributed by atoms with Gasteiger partial charge in [0.15, 0.2) is 0 Å². The van der Waals surface area contributed by atoms with E-state index in [2.05, 4.69) is 26.3 Å². The first-order valence-electron chi connectivity index (χ1n) is 12.2. The molecule has 1 spiro atoms. The van der Waals surface area contributed by atoms with E-state index < -0.39 is 0 Å². The van der Waals surface area contributed by atoms with Crippen molar-refractivity contribution in [3.05, 3.63) is 90.4 Å². The molecular formula is C29H30FN5O. The van der Waals surface area contributed by atoms with Crippen LogP contribution in [0.5, 0.6) is 0 Å². The first-order valence-corrected chi connectivity index (χ1v) is 12.2. The van der Waals surface area contributed by atoms with Crippen molar-refractivity contribution in [2.45, 2.75) is 25.8 Å². The molecular weight excluding hydrogens is 453 g/mol. The molecule has 2 aliphatic rings. The summed E-state index contributed by atoms with van der Waals surface area (Å²) in [6, 6.07) is 23.0. The summed E-state index contributed by atoms with van der Waals surface area (Å²) in [7, 11) is 0. The van der Waals surface area contributed by atoms with Crippen LogP contribution in [0.3, 0.4) is 0 Å². The number of rotatable bonds is 6. The zero-order valence-corrected chi connectivity index (χ0v) is 20.2. The lowest BCUT2D eigenvalue weighted by atomic mass is 9.61. The highest BCUT2D eigenvalue weighted by atomic mass is 19.1. The maximum atomic E-state index is 13.4. The van der Waals surface area contributed by atoms with E-state index in [0.717, 1.165) is 33.7 Å². The first-order chi connectivity index (χ1) is 17.5. The van der Waals surface area contributed by atoms with E-state index in [1.807, 2.05) is 61.5 Å². The van der Waals surface area contributed by atoms with Gasteiger partial charge in [-0.15, -0.1) is 0 Å². The third-order valence-electron chi connectivity index (χ3n) is 6.82. The monoisotopic (exact) mass is 483 g/mol. The predicted octanol–water partition coefficient (Wildman–Crippen LogP) is 5.84. The number of nitrogens with zero attached hydrogens (tertiary/aromatic N) is 1. The highest BCUT2D eigenvalue weighted by Crippen LogP contribution is 2.45. The van der Waals surface area contributed by atoms with Crippen LogP contribution in [0, 0.1) is 18.2 Å². The van der Waals surface area contributed by atoms with Crippen molar-refractivity contribution in [1.29, 1.82) is 0 Å². The van der Waals surface area contributed by atoms with Crippen molar-refractivity contribution in [1.82, 2.24) is 10.3 Å². The lowest BCUT2D eigenvalue weighted by Crippen LogP contribution is -2.63. The van der Waals surface area contributed by atoms with Gasteiger partial charge in [0.25, 0.3) is 0 Å². The second-order valence-corrected chi connectivity index (χ2v) is 9.71. The van der Waals surface area contributed by atoms with E-state index >= 15 is 0 Å². The Morgan fingerprint density at radius 3 is 2.50 bits per heavy atom. The Morgan fingerprint density at radius 1 is 0.972 bits per heavy atom. The highest BCUT2D eigenvalue weighted by Gasteiger charge is 2.48. The Labute approximate surface area is 210 Å². The number of halogens is 1. The number of hydrogen-bond donors (Lipinski definition) is 4. The fourth-order valence-electron chi connectivity index (χ4n) is 4.96. The van der Waals surface area contributed by atoms with Crippen LogP contribution in [0.1, 0.15) is 18.4 Å². The molecule has 0 atom stereocenters. The molecule has 1 aliphatic heterocycles. The molecule has 1 saturated heterocycles. The number of hydrogen-bond acceptors (Lipinski definition) is 5. The van der Waals surface area contributed by atoms with Crippen molar-refractivity contribution in [2.75, 3.05) is 29.0 Å². The molecule has 0 radical (unpaired) electrons. The standard InChI is InChI=1S/C16H13FN2.C13H17N3O/c1-11-3-2-4-13(9-11)19-16-7-8-18-15-6-5-12(17)10-14(15)16;17-9-15-10-2-1-3-11(4-10)16-12-5-13(6-12)7-14-8-13/h2-10H,1H3,(H,18,19);1-4,9,12,14,16H,5-8H2,(H,15,17). The van der Waals surface area contributed by atoms with E-state index in [0.29, 0.717) is 17.9 Å². The van der Waals surface area contributed by atoms with Crippen LogP contribution in [0.15, 0.2) is 79.0 Å². The number of carbonyl (C=O) groups excluding carboxylic acids is 1. The smallest absolute Gasteiger partial charge is 0.211 e. The van der Waals surface area contributed by atoms with Gasteiger partial charge >= 0.3 is 0 Å². The average Bonchev–Trinajstić information content (AvgIpc) is 2.81. The van der Waals surface area contributed by atoms with Gasteiger partial charge in [-0.1, -0.05) is 18.2 Å². The number of fused-ring (bicyclic) bond motifs is 1. The largest absolute Gasteiger partial charge is 0.382 e. The summed E-state index contributed by atoms with van der Waals surface area (Å²) in [6.07, 6.45) is 4.94. The summed E-state index contributed by atoms with van der Waals surface area (Å²) in [6.45, 7) is 4.39. The normalized spacial score (nSPS) is 15.7. The number of nitrogens with one attached hydrogen (secondary N) is 4. The van der Waals surface area contributed by atoms with E-state index in [1.54, 1.807) is 12.3 Å². The second kappa shape index (κ2) is 10.3. The quantitative estimate of drug-likeness (QED) is 0.259. The fourth-order valence-corrected chi connectivity index (χ4v) is 4.96. The predicted molar refractivity (Wildman–Crippen MR) is 144 cm³/mol. The van der Waals surface area contributed by atoms with E-state index in [1.165, 1.54) is 43.6 Å². The number of aryl methyl sites for hydroxylation is 1. The van der Waals surface area contributed by atoms with Crippen molar-refractivity contribution in [3.8, 4) is 0 Å². The summed E-state index contributed by atoms with van der Waals surface area (Å²) in [5.41, 5.74) is 6.31. The van der Waals surface area contributed by atoms with E-state index in [4.69, 9.17) is 0 Å². The van der Waals surface area contributed by atoms with Gasteiger partial charge in [-0.25, -0.2) is 4.39 Å². The zero-order chi connectivity index (χ0) is 25.0. The van der Waals surface area contributed by atoms with Crippen molar-refractivity contribution in [3.63, 3.8) is 0 Å². The van der Waals surface area contributed by atoms with E-state index in [-0.39, 0.29) is 5.82 Å². The van der Waals surface area contributed by atoms with E-state index in [9.17, 15) is 9.18 Å². The molecule has 3 aromatic carbocycles. The molecule has 1 aromatic heterocycles. The molecule has 1 saturated carbocycles. The maximum Gasteiger partial charge on any atom is 0.211 e. The molecule has 7 heteroatoms. The number of benzene rings is 3. The van der Waals surface area contributed by atoms with Crippen molar-refractivity contribution in [2.24, 2.45) is 5.41 Å². The minimum absolute atomic E-state index is 0.257. The summed E-state index contributed by atoms with van der Waals surface area (Å²) >= 11 is 0. The number of carbonyl (C=O) groups is 1. The van der Waals surface area contributed by atoms with Crippen LogP contribution >= 0.6 is 0 Å². The molecule has 2 fully saturated rings. The van der Waals surface area contributed by atoms with Crippen LogP contribution in [0.25, 0.3) is 10.9 Å². The maximum absolute atomic E-state index is 13.4. The average molecular weight is 484 g/mol. The molecule has 0 unspecified atom stereocenters. The van der Waals surface area contributed by atoms with Gasteiger partial charge in [0, 0.05) is 53.5 Å². The minimum Gasteiger partial charge on any atom is -0.382 e. The lowest BCUT2D eigenvalue weighted by Gasteiger charge is -2.54. The van der Waals surface area contributed by atoms with Crippen LogP contribution in [0.2, 0.25) is 0 Å². The zero-order valence-electron chi connectivity index (χ0n) is 20.2. The van der Waals surface area contributed by atoms with Gasteiger partial charge in [0.2, 0.25) is 6.41 Å². The third-order valence-corrected chi connectivity index (χ3v) is 6.82. The topological polar surface area (TPSA) is 78.1 Å². The molecule has 1 amide bonds. The van der Waals surface area contributed by atoms with Crippen LogP contribution < -0.4 is 21.3 Å². The van der Waals surface area contributed by atoms with Crippen LogP contribution in [-0.4, -0.2) is 30.5 Å². The second-order valence-electron chi connectivity index (χ2n) is 9.71. The Hall–Kier alpha value is -3.97. The van der Waals surface area contributed by atoms with Gasteiger partial charge < -0.3 is 21.3 Å². The van der Waals surface area contributed by atoms with Gasteiger partial charge in [0.05, 0.1) is 5.52 Å². The molecule has 36 heavy (non-hydrogen) atoms. The van der Waals surface area contributed by atoms with Gasteiger partial charge in [0.1, 0.15) is 5.82 Å². The molecule has 4 N–H and O–H groups in total. The molecule has 1 aliphatic carbocycles. The Balaban J connectivity index is 0.000000149. The van der Waals surface area contributed by atoms with Crippen molar-refractivity contribution >= 4 is 40.1 Å². The molecule has 0 bridgehead atoms. The Kier molecular flexibility index (Phi) is 6.82. The summed E-state index contributed by atoms with van der Waals surface area (Å²) < 4.78 is 13.4. The summed E-state index contributed by atoms with van der Waals surface area (Å²) in [5, 5.41) is 13.6. The Morgan fingerprint density at radius 2 is 1.75 bits per heavy atom. The number of anilines is 4. The van der Waals surface area contributed by atoms with Crippen LogP contribution in [-0.2, 0) is 4.79 Å². The lowest BCUT2D eigenvalue weighted by molar-refractivity contribution is -0.105. The fraction of sp³-hybridized carbons (Fsp3) is 0.241. The number of aromatic nitrogens is 1. The molecule has 2 heterocycles. The number of pyridine rings is 1. The summed E-state index contributed by atoms with van der Waals surface area (Å²) in [4.78, 5) is 14.6. The van der Waals surface area contributed by atoms with Crippen LogP contribution in [0.4, 0.5) is 27.1 Å². The highest BCUT2D eigenvalue weighted by molar-refractivity contribution is 5.92. The first kappa shape index (κ1) is 23.8. The number of amides is 1. The van der Waals surface area contributed by atoms with Crippen molar-refractivity contribution < 1.29 is 9.18 Å². The Bertz CT molecular complexity index is 1360. The van der Waals surface area contributed by atoms with Gasteiger partial charge in [-0.3, -0.25) is 9.78 Å². The van der Waals surface area contributed by atoms with Gasteiger partial charge in [-0.2, -0.15) is 0 Å². The third kappa shape index (κ3) is 5.47. The molecule has 184 valence electrons. The molecule has 4 aromatic rings. The summed E-state index contributed by atoms with van der Waals surface area (Å²) in [5.74, 6) is -0.257. The molecule has 6 rings (SSSR count).